The van der Waals surface area contributed by atoms with Crippen molar-refractivity contribution in [2.24, 2.45) is 0 Å². The van der Waals surface area contributed by atoms with Crippen molar-refractivity contribution in [3.8, 4) is 0 Å². The highest BCUT2D eigenvalue weighted by atomic mass is 32.2. The highest BCUT2D eigenvalue weighted by Gasteiger charge is 2.04. The number of methoxy groups -OCH3 is 1. The summed E-state index contributed by atoms with van der Waals surface area (Å²) in [6.07, 6.45) is 0.250. The van der Waals surface area contributed by atoms with Crippen molar-refractivity contribution in [2.75, 3.05) is 12.9 Å². The third-order valence-corrected chi connectivity index (χ3v) is 2.69. The molecule has 1 rings (SSSR count). The molecule has 0 atom stereocenters. The average molecular weight is 232 g/mol. The molecule has 82 valence electrons. The smallest absolute Gasteiger partial charge is 0.306 e. The van der Waals surface area contributed by atoms with Gasteiger partial charge in [-0.3, -0.25) is 4.79 Å². The Balaban J connectivity index is 2.44. The van der Waals surface area contributed by atoms with Crippen LogP contribution in [0.25, 0.3) is 0 Å². The van der Waals surface area contributed by atoms with Crippen LogP contribution in [0.5, 0.6) is 0 Å². The Bertz CT molecular complexity index is 355. The molecule has 0 radical (unpaired) electrons. The summed E-state index contributed by atoms with van der Waals surface area (Å²) in [6.45, 7) is 0. The predicted molar refractivity (Wildman–Crippen MR) is 53.7 cm³/mol. The van der Waals surface area contributed by atoms with Crippen molar-refractivity contribution >= 4 is 17.7 Å². The summed E-state index contributed by atoms with van der Waals surface area (Å²) in [7, 11) is 1.31. The molecule has 0 spiro atoms. The van der Waals surface area contributed by atoms with E-state index < -0.39 is 11.6 Å². The molecule has 0 fully saturated rings. The zero-order chi connectivity index (χ0) is 11.3. The first kappa shape index (κ1) is 12.0. The first-order chi connectivity index (χ1) is 7.13. The number of hydrogen-bond acceptors (Lipinski definition) is 3. The molecule has 0 amide bonds. The van der Waals surface area contributed by atoms with E-state index in [1.807, 2.05) is 0 Å². The first-order valence-corrected chi connectivity index (χ1v) is 5.26. The Morgan fingerprint density at radius 3 is 2.73 bits per heavy atom. The summed E-state index contributed by atoms with van der Waals surface area (Å²) in [4.78, 5) is 11.3. The van der Waals surface area contributed by atoms with E-state index in [0.717, 1.165) is 12.1 Å². The number of benzene rings is 1. The Labute approximate surface area is 90.6 Å². The highest BCUT2D eigenvalue weighted by molar-refractivity contribution is 7.99. The molecule has 0 unspecified atom stereocenters. The molecule has 0 bridgehead atoms. The van der Waals surface area contributed by atoms with Crippen LogP contribution >= 0.6 is 11.8 Å². The van der Waals surface area contributed by atoms with Crippen molar-refractivity contribution < 1.29 is 18.3 Å². The first-order valence-electron chi connectivity index (χ1n) is 4.28. The molecule has 0 aliphatic carbocycles. The van der Waals surface area contributed by atoms with Gasteiger partial charge in [-0.2, -0.15) is 0 Å². The minimum absolute atomic E-state index is 0.250. The van der Waals surface area contributed by atoms with Crippen molar-refractivity contribution in [2.45, 2.75) is 11.3 Å². The van der Waals surface area contributed by atoms with Crippen LogP contribution in [-0.2, 0) is 9.53 Å². The number of carbonyl (C=O) groups is 1. The van der Waals surface area contributed by atoms with Gasteiger partial charge in [0, 0.05) is 10.6 Å². The summed E-state index contributed by atoms with van der Waals surface area (Å²) in [6, 6.07) is 3.65. The van der Waals surface area contributed by atoms with Gasteiger partial charge in [-0.05, 0) is 18.2 Å². The summed E-state index contributed by atoms with van der Waals surface area (Å²) in [5, 5.41) is 0. The standard InChI is InChI=1S/C10H10F2O2S/c1-14-10(13)4-5-15-7-2-3-8(11)9(12)6-7/h2-3,6H,4-5H2,1H3. The maximum absolute atomic E-state index is 12.8. The lowest BCUT2D eigenvalue weighted by Gasteiger charge is -2.01. The van der Waals surface area contributed by atoms with Gasteiger partial charge in [0.1, 0.15) is 0 Å². The van der Waals surface area contributed by atoms with E-state index in [9.17, 15) is 13.6 Å². The Morgan fingerprint density at radius 2 is 2.13 bits per heavy atom. The summed E-state index contributed by atoms with van der Waals surface area (Å²) in [5.41, 5.74) is 0. The third-order valence-electron chi connectivity index (χ3n) is 1.69. The third kappa shape index (κ3) is 3.87. The van der Waals surface area contributed by atoms with Gasteiger partial charge in [0.25, 0.3) is 0 Å². The molecule has 5 heteroatoms. The Morgan fingerprint density at radius 1 is 1.40 bits per heavy atom. The Hall–Kier alpha value is -1.10. The maximum atomic E-state index is 12.8. The van der Waals surface area contributed by atoms with Gasteiger partial charge in [-0.1, -0.05) is 0 Å². The van der Waals surface area contributed by atoms with Crippen LogP contribution in [0.15, 0.2) is 23.1 Å². The van der Waals surface area contributed by atoms with Crippen molar-refractivity contribution in [3.63, 3.8) is 0 Å². The molecule has 0 N–H and O–H groups in total. The second-order valence-electron chi connectivity index (χ2n) is 2.75. The summed E-state index contributed by atoms with van der Waals surface area (Å²) in [5.74, 6) is -1.58. The van der Waals surface area contributed by atoms with E-state index >= 15 is 0 Å². The van der Waals surface area contributed by atoms with Crippen LogP contribution < -0.4 is 0 Å². The molecule has 0 saturated carbocycles. The van der Waals surface area contributed by atoms with E-state index in [4.69, 9.17) is 0 Å². The molecule has 0 saturated heterocycles. The van der Waals surface area contributed by atoms with Crippen molar-refractivity contribution in [3.05, 3.63) is 29.8 Å². The number of hydrogen-bond donors (Lipinski definition) is 0. The molecule has 15 heavy (non-hydrogen) atoms. The van der Waals surface area contributed by atoms with Gasteiger partial charge in [0.05, 0.1) is 13.5 Å². The molecule has 0 aliphatic rings. The number of carbonyl (C=O) groups excluding carboxylic acids is 1. The fraction of sp³-hybridized carbons (Fsp3) is 0.300. The second kappa shape index (κ2) is 5.70. The van der Waals surface area contributed by atoms with E-state index in [2.05, 4.69) is 4.74 Å². The fourth-order valence-electron chi connectivity index (χ4n) is 0.921. The second-order valence-corrected chi connectivity index (χ2v) is 3.92. The summed E-state index contributed by atoms with van der Waals surface area (Å²) < 4.78 is 29.7. The molecular weight excluding hydrogens is 222 g/mol. The van der Waals surface area contributed by atoms with E-state index in [0.29, 0.717) is 10.6 Å². The van der Waals surface area contributed by atoms with Gasteiger partial charge < -0.3 is 4.74 Å². The molecule has 1 aromatic carbocycles. The lowest BCUT2D eigenvalue weighted by molar-refractivity contribution is -0.140. The average Bonchev–Trinajstić information content (AvgIpc) is 2.23. The van der Waals surface area contributed by atoms with E-state index in [1.54, 1.807) is 0 Å². The van der Waals surface area contributed by atoms with E-state index in [1.165, 1.54) is 24.9 Å². The van der Waals surface area contributed by atoms with Gasteiger partial charge in [0.15, 0.2) is 11.6 Å². The van der Waals surface area contributed by atoms with Gasteiger partial charge in [-0.25, -0.2) is 8.78 Å². The minimum Gasteiger partial charge on any atom is -0.469 e. The Kier molecular flexibility index (Phi) is 4.55. The quantitative estimate of drug-likeness (QED) is 0.589. The van der Waals surface area contributed by atoms with Crippen molar-refractivity contribution in [1.82, 2.24) is 0 Å². The largest absolute Gasteiger partial charge is 0.469 e. The number of thioether (sulfide) groups is 1. The van der Waals surface area contributed by atoms with Crippen LogP contribution in [-0.4, -0.2) is 18.8 Å². The molecular formula is C10H10F2O2S. The highest BCUT2D eigenvalue weighted by Crippen LogP contribution is 2.20. The number of esters is 1. The zero-order valence-electron chi connectivity index (χ0n) is 8.13. The SMILES string of the molecule is COC(=O)CCSc1ccc(F)c(F)c1. The molecule has 0 aliphatic heterocycles. The van der Waals surface area contributed by atoms with Crippen LogP contribution in [0.3, 0.4) is 0 Å². The zero-order valence-corrected chi connectivity index (χ0v) is 8.94. The topological polar surface area (TPSA) is 26.3 Å². The van der Waals surface area contributed by atoms with Crippen LogP contribution in [0, 0.1) is 11.6 Å². The number of ether oxygens (including phenoxy) is 1. The van der Waals surface area contributed by atoms with Gasteiger partial charge >= 0.3 is 5.97 Å². The van der Waals surface area contributed by atoms with E-state index in [-0.39, 0.29) is 12.4 Å². The van der Waals surface area contributed by atoms with Gasteiger partial charge in [-0.15, -0.1) is 11.8 Å². The maximum Gasteiger partial charge on any atom is 0.306 e. The normalized spacial score (nSPS) is 10.1. The number of rotatable bonds is 4. The lowest BCUT2D eigenvalue weighted by Crippen LogP contribution is -2.00. The lowest BCUT2D eigenvalue weighted by atomic mass is 10.3. The molecule has 0 aromatic heterocycles. The van der Waals surface area contributed by atoms with Crippen LogP contribution in [0.2, 0.25) is 0 Å². The predicted octanol–water partition coefficient (Wildman–Crippen LogP) is 2.62. The van der Waals surface area contributed by atoms with Crippen LogP contribution in [0.1, 0.15) is 6.42 Å². The molecule has 2 nitrogen and oxygen atoms in total. The van der Waals surface area contributed by atoms with Crippen LogP contribution in [0.4, 0.5) is 8.78 Å². The van der Waals surface area contributed by atoms with Crippen molar-refractivity contribution in [1.29, 1.82) is 0 Å². The molecule has 0 heterocycles. The monoisotopic (exact) mass is 232 g/mol. The number of halogens is 2. The minimum atomic E-state index is -0.877. The van der Waals surface area contributed by atoms with Gasteiger partial charge in [0.2, 0.25) is 0 Å². The summed E-state index contributed by atoms with van der Waals surface area (Å²) >= 11 is 1.28. The molecule has 1 aromatic rings. The fourth-order valence-corrected chi connectivity index (χ4v) is 1.78.